The highest BCUT2D eigenvalue weighted by Gasteiger charge is 2.47. The van der Waals surface area contributed by atoms with Gasteiger partial charge in [0.25, 0.3) is 0 Å². The number of carbonyl (C=O) groups excluding carboxylic acids is 2. The summed E-state index contributed by atoms with van der Waals surface area (Å²) in [6.45, 7) is 5.59. The van der Waals surface area contributed by atoms with E-state index < -0.39 is 17.2 Å². The van der Waals surface area contributed by atoms with Gasteiger partial charge >= 0.3 is 11.9 Å². The first kappa shape index (κ1) is 24.7. The minimum Gasteiger partial charge on any atom is -0.469 e. The molecule has 1 aliphatic carbocycles. The molecule has 0 fully saturated rings. The van der Waals surface area contributed by atoms with E-state index in [-0.39, 0.29) is 18.4 Å². The molecule has 1 aliphatic rings. The van der Waals surface area contributed by atoms with Crippen molar-refractivity contribution in [1.82, 2.24) is 5.32 Å². The lowest BCUT2D eigenvalue weighted by molar-refractivity contribution is -0.158. The molecule has 0 spiro atoms. The van der Waals surface area contributed by atoms with Gasteiger partial charge in [-0.1, -0.05) is 78.9 Å². The van der Waals surface area contributed by atoms with Crippen LogP contribution >= 0.6 is 0 Å². The first-order chi connectivity index (χ1) is 16.8. The SMILES string of the molecule is COC(=O)CCC[C@H](NC1(c2ccccc2)c2ccccc2-c2ccccc21)C(=O)OC(C)(C)C. The zero-order valence-corrected chi connectivity index (χ0v) is 20.8. The number of methoxy groups -OCH3 is 1. The van der Waals surface area contributed by atoms with E-state index in [1.807, 2.05) is 63.2 Å². The lowest BCUT2D eigenvalue weighted by atomic mass is 9.79. The molecule has 0 aromatic heterocycles. The Hall–Kier alpha value is -3.44. The van der Waals surface area contributed by atoms with E-state index in [2.05, 4.69) is 41.7 Å². The van der Waals surface area contributed by atoms with Crippen LogP contribution in [-0.4, -0.2) is 30.7 Å². The second-order valence-corrected chi connectivity index (χ2v) is 9.91. The van der Waals surface area contributed by atoms with E-state index in [1.165, 1.54) is 7.11 Å². The third-order valence-corrected chi connectivity index (χ3v) is 6.34. The van der Waals surface area contributed by atoms with Crippen LogP contribution in [0.3, 0.4) is 0 Å². The highest BCUT2D eigenvalue weighted by molar-refractivity contribution is 5.84. The minimum atomic E-state index is -0.749. The van der Waals surface area contributed by atoms with Crippen molar-refractivity contribution in [2.45, 2.75) is 57.2 Å². The fourth-order valence-electron chi connectivity index (χ4n) is 4.91. The molecule has 4 rings (SSSR count). The third-order valence-electron chi connectivity index (χ3n) is 6.34. The number of carbonyl (C=O) groups is 2. The van der Waals surface area contributed by atoms with Gasteiger partial charge in [-0.15, -0.1) is 0 Å². The second-order valence-electron chi connectivity index (χ2n) is 9.91. The molecule has 0 radical (unpaired) electrons. The van der Waals surface area contributed by atoms with Gasteiger partial charge in [-0.25, -0.2) is 0 Å². The third kappa shape index (κ3) is 5.01. The van der Waals surface area contributed by atoms with Crippen molar-refractivity contribution in [2.75, 3.05) is 7.11 Å². The molecule has 0 aliphatic heterocycles. The molecule has 1 N–H and O–H groups in total. The normalized spacial score (nSPS) is 14.5. The number of hydrogen-bond acceptors (Lipinski definition) is 5. The Morgan fingerprint density at radius 1 is 0.857 bits per heavy atom. The fraction of sp³-hybridized carbons (Fsp3) is 0.333. The second kappa shape index (κ2) is 10.0. The van der Waals surface area contributed by atoms with Crippen LogP contribution in [0.15, 0.2) is 78.9 Å². The number of ether oxygens (including phenoxy) is 2. The van der Waals surface area contributed by atoms with E-state index >= 15 is 0 Å². The van der Waals surface area contributed by atoms with Crippen molar-refractivity contribution in [3.63, 3.8) is 0 Å². The summed E-state index contributed by atoms with van der Waals surface area (Å²) in [6.07, 6.45) is 1.17. The molecule has 3 aromatic carbocycles. The Morgan fingerprint density at radius 3 is 1.94 bits per heavy atom. The molecule has 1 atom stereocenters. The smallest absolute Gasteiger partial charge is 0.323 e. The lowest BCUT2D eigenvalue weighted by Gasteiger charge is -2.38. The molecule has 5 heteroatoms. The molecule has 0 saturated heterocycles. The summed E-state index contributed by atoms with van der Waals surface area (Å²) in [5.74, 6) is -0.623. The summed E-state index contributed by atoms with van der Waals surface area (Å²) in [7, 11) is 1.38. The largest absolute Gasteiger partial charge is 0.469 e. The van der Waals surface area contributed by atoms with Gasteiger partial charge in [-0.2, -0.15) is 0 Å². The molecule has 0 amide bonds. The lowest BCUT2D eigenvalue weighted by Crippen LogP contribution is -2.53. The quantitative estimate of drug-likeness (QED) is 0.433. The van der Waals surface area contributed by atoms with Gasteiger partial charge in [-0.05, 0) is 61.4 Å². The molecule has 0 saturated carbocycles. The molecule has 3 aromatic rings. The number of rotatable bonds is 8. The number of esters is 2. The van der Waals surface area contributed by atoms with Gasteiger partial charge in [0.2, 0.25) is 0 Å². The van der Waals surface area contributed by atoms with Crippen LogP contribution in [0.25, 0.3) is 11.1 Å². The first-order valence-corrected chi connectivity index (χ1v) is 12.1. The summed E-state index contributed by atoms with van der Waals surface area (Å²) < 4.78 is 10.6. The Morgan fingerprint density at radius 2 is 1.40 bits per heavy atom. The van der Waals surface area contributed by atoms with Gasteiger partial charge in [-0.3, -0.25) is 14.9 Å². The Bertz CT molecular complexity index is 1150. The van der Waals surface area contributed by atoms with Crippen LogP contribution in [0, 0.1) is 0 Å². The summed E-state index contributed by atoms with van der Waals surface area (Å²) in [5.41, 5.74) is 4.11. The predicted octanol–water partition coefficient (Wildman–Crippen LogP) is 5.60. The van der Waals surface area contributed by atoms with Crippen molar-refractivity contribution in [3.05, 3.63) is 95.6 Å². The Kier molecular flexibility index (Phi) is 7.08. The molecule has 5 nitrogen and oxygen atoms in total. The highest BCUT2D eigenvalue weighted by atomic mass is 16.6. The summed E-state index contributed by atoms with van der Waals surface area (Å²) in [4.78, 5) is 25.3. The maximum absolute atomic E-state index is 13.5. The van der Waals surface area contributed by atoms with Crippen molar-refractivity contribution in [3.8, 4) is 11.1 Å². The van der Waals surface area contributed by atoms with E-state index in [9.17, 15) is 9.59 Å². The molecular weight excluding hydrogens is 438 g/mol. The molecular formula is C30H33NO4. The van der Waals surface area contributed by atoms with E-state index in [0.29, 0.717) is 12.8 Å². The van der Waals surface area contributed by atoms with Crippen molar-refractivity contribution in [2.24, 2.45) is 0 Å². The van der Waals surface area contributed by atoms with Gasteiger partial charge < -0.3 is 9.47 Å². The highest BCUT2D eigenvalue weighted by Crippen LogP contribution is 2.51. The van der Waals surface area contributed by atoms with E-state index in [4.69, 9.17) is 9.47 Å². The Balaban J connectivity index is 1.83. The van der Waals surface area contributed by atoms with Crippen LogP contribution in [0.5, 0.6) is 0 Å². The number of fused-ring (bicyclic) bond motifs is 3. The van der Waals surface area contributed by atoms with Crippen molar-refractivity contribution >= 4 is 11.9 Å². The van der Waals surface area contributed by atoms with Crippen LogP contribution < -0.4 is 5.32 Å². The van der Waals surface area contributed by atoms with Crippen LogP contribution in [-0.2, 0) is 24.6 Å². The fourth-order valence-corrected chi connectivity index (χ4v) is 4.91. The zero-order valence-electron chi connectivity index (χ0n) is 20.8. The molecule has 0 unspecified atom stereocenters. The van der Waals surface area contributed by atoms with Gasteiger partial charge in [0.1, 0.15) is 11.6 Å². The van der Waals surface area contributed by atoms with Crippen LogP contribution in [0.4, 0.5) is 0 Å². The van der Waals surface area contributed by atoms with E-state index in [1.54, 1.807) is 0 Å². The average Bonchev–Trinajstić information content (AvgIpc) is 3.13. The van der Waals surface area contributed by atoms with Gasteiger partial charge in [0, 0.05) is 6.42 Å². The maximum Gasteiger partial charge on any atom is 0.323 e. The summed E-state index contributed by atoms with van der Waals surface area (Å²) in [5, 5.41) is 3.75. The van der Waals surface area contributed by atoms with E-state index in [0.717, 1.165) is 27.8 Å². The predicted molar refractivity (Wildman–Crippen MR) is 137 cm³/mol. The minimum absolute atomic E-state index is 0.239. The summed E-state index contributed by atoms with van der Waals surface area (Å²) >= 11 is 0. The number of benzene rings is 3. The van der Waals surface area contributed by atoms with Gasteiger partial charge in [0.05, 0.1) is 12.6 Å². The number of nitrogens with one attached hydrogen (secondary N) is 1. The Labute approximate surface area is 207 Å². The number of hydrogen-bond donors (Lipinski definition) is 1. The topological polar surface area (TPSA) is 64.6 Å². The van der Waals surface area contributed by atoms with Crippen molar-refractivity contribution < 1.29 is 19.1 Å². The standard InChI is InChI=1S/C30H33NO4/c1-29(2,3)35-28(33)26(19-12-20-27(32)34-4)31-30(21-13-6-5-7-14-21)24-17-10-8-15-22(24)23-16-9-11-18-25(23)30/h5-11,13-18,26,31H,12,19-20H2,1-4H3/t26-/m0/s1. The van der Waals surface area contributed by atoms with Crippen LogP contribution in [0.2, 0.25) is 0 Å². The monoisotopic (exact) mass is 471 g/mol. The molecule has 35 heavy (non-hydrogen) atoms. The van der Waals surface area contributed by atoms with Gasteiger partial charge in [0.15, 0.2) is 0 Å². The molecule has 0 heterocycles. The summed E-state index contributed by atoms with van der Waals surface area (Å²) in [6, 6.07) is 26.2. The molecule has 182 valence electrons. The maximum atomic E-state index is 13.5. The average molecular weight is 472 g/mol. The van der Waals surface area contributed by atoms with Crippen molar-refractivity contribution in [1.29, 1.82) is 0 Å². The molecule has 0 bridgehead atoms. The van der Waals surface area contributed by atoms with Crippen LogP contribution in [0.1, 0.15) is 56.7 Å². The first-order valence-electron chi connectivity index (χ1n) is 12.1. The zero-order chi connectivity index (χ0) is 25.1.